The van der Waals surface area contributed by atoms with E-state index < -0.39 is 0 Å². The summed E-state index contributed by atoms with van der Waals surface area (Å²) in [6.45, 7) is 0. The van der Waals surface area contributed by atoms with Gasteiger partial charge in [0.05, 0.1) is 38.6 Å². The van der Waals surface area contributed by atoms with Gasteiger partial charge in [-0.15, -0.1) is 10.2 Å². The Morgan fingerprint density at radius 3 is 2.54 bits per heavy atom. The lowest BCUT2D eigenvalue weighted by molar-refractivity contribution is -0.658. The molecular weight excluding hydrogens is 308 g/mol. The lowest BCUT2D eigenvalue weighted by Crippen LogP contribution is -2.27. The number of aryl methyl sites for hydroxylation is 2. The second kappa shape index (κ2) is 9.19. The van der Waals surface area contributed by atoms with Gasteiger partial charge in [-0.3, -0.25) is 0 Å². The number of methoxy groups -OCH3 is 2. The highest BCUT2D eigenvalue weighted by Gasteiger charge is 2.07. The van der Waals surface area contributed by atoms with Crippen molar-refractivity contribution in [3.8, 4) is 11.5 Å². The zero-order valence-electron chi connectivity index (χ0n) is 14.5. The molecule has 2 heterocycles. The first-order valence-electron chi connectivity index (χ1n) is 6.85. The van der Waals surface area contributed by atoms with Crippen LogP contribution in [0.25, 0.3) is 0 Å². The minimum absolute atomic E-state index is 0. The van der Waals surface area contributed by atoms with E-state index in [2.05, 4.69) is 20.4 Å². The fourth-order valence-electron chi connectivity index (χ4n) is 1.72. The van der Waals surface area contributed by atoms with Crippen LogP contribution in [0.15, 0.2) is 57.1 Å². The quantitative estimate of drug-likeness (QED) is 0.210. The number of azo groups is 1. The van der Waals surface area contributed by atoms with Crippen LogP contribution in [0.4, 0.5) is 5.82 Å². The van der Waals surface area contributed by atoms with Crippen LogP contribution in [-0.4, -0.2) is 25.1 Å². The minimum Gasteiger partial charge on any atom is -0.497 e. The summed E-state index contributed by atoms with van der Waals surface area (Å²) in [6, 6.07) is 7.23. The normalized spacial score (nSPS) is 11.8. The molecule has 0 aliphatic carbocycles. The van der Waals surface area contributed by atoms with Crippen molar-refractivity contribution in [2.75, 3.05) is 14.2 Å². The second-order valence-electron chi connectivity index (χ2n) is 4.62. The summed E-state index contributed by atoms with van der Waals surface area (Å²) < 4.78 is 13.9. The predicted molar refractivity (Wildman–Crippen MR) is 91.1 cm³/mol. The summed E-state index contributed by atoms with van der Waals surface area (Å²) >= 11 is 0. The first kappa shape index (κ1) is 19.0. The van der Waals surface area contributed by atoms with E-state index in [1.54, 1.807) is 26.4 Å². The molecule has 0 bridgehead atoms. The van der Waals surface area contributed by atoms with Gasteiger partial charge in [-0.25, -0.2) is 4.57 Å². The average molecular weight is 330 g/mol. The molecule has 8 heteroatoms. The Morgan fingerprint density at radius 2 is 1.83 bits per heavy atom. The summed E-state index contributed by atoms with van der Waals surface area (Å²) in [5.41, 5.74) is 0.641. The van der Waals surface area contributed by atoms with Crippen molar-refractivity contribution in [3.05, 3.63) is 49.6 Å². The Bertz CT molecular complexity index is 795. The van der Waals surface area contributed by atoms with Crippen molar-refractivity contribution < 1.29 is 14.0 Å². The van der Waals surface area contributed by atoms with Gasteiger partial charge in [-0.05, 0) is 11.2 Å². The lowest BCUT2D eigenvalue weighted by Gasteiger charge is -2.01. The molecule has 0 amide bonds. The number of hydrogen-bond donors (Lipinski definition) is 0. The van der Waals surface area contributed by atoms with Gasteiger partial charge in [0, 0.05) is 25.4 Å². The minimum atomic E-state index is 0. The maximum atomic E-state index is 5.15. The molecule has 0 aliphatic heterocycles. The fraction of sp³-hybridized carbons (Fsp3) is 0.250. The standard InChI is InChI=1S/C15H19N6O2.CH3/c1-20-7-5-12(22-3)9-14(20)18-16-11-17-19-15-10-13(23-4)6-8-21(15)2;/h5-11H,1-4H3;1H3/q+1;-1. The highest BCUT2D eigenvalue weighted by Crippen LogP contribution is 2.14. The van der Waals surface area contributed by atoms with Gasteiger partial charge in [-0.2, -0.15) is 0 Å². The van der Waals surface area contributed by atoms with E-state index in [4.69, 9.17) is 9.47 Å². The number of rotatable bonds is 5. The Morgan fingerprint density at radius 1 is 1.12 bits per heavy atom. The van der Waals surface area contributed by atoms with Crippen LogP contribution >= 0.6 is 0 Å². The summed E-state index contributed by atoms with van der Waals surface area (Å²) in [5.74, 6) is 2.06. The molecule has 0 atom stereocenters. The van der Waals surface area contributed by atoms with E-state index in [0.717, 1.165) is 0 Å². The zero-order valence-corrected chi connectivity index (χ0v) is 14.5. The van der Waals surface area contributed by atoms with Gasteiger partial charge in [0.25, 0.3) is 0 Å². The van der Waals surface area contributed by atoms with Gasteiger partial charge >= 0.3 is 5.82 Å². The smallest absolute Gasteiger partial charge is 0.354 e. The van der Waals surface area contributed by atoms with Crippen LogP contribution in [0.2, 0.25) is 0 Å². The molecule has 8 nitrogen and oxygen atoms in total. The molecule has 24 heavy (non-hydrogen) atoms. The van der Waals surface area contributed by atoms with E-state index in [-0.39, 0.29) is 7.43 Å². The van der Waals surface area contributed by atoms with Gasteiger partial charge < -0.3 is 21.5 Å². The molecule has 0 aromatic carbocycles. The summed E-state index contributed by atoms with van der Waals surface area (Å²) in [4.78, 5) is 0. The SMILES string of the molecule is COc1cc[n+](C)c(N=N/C=N/N=c2\cc(OC)ccn2C)c1.[CH3-]. The van der Waals surface area contributed by atoms with E-state index in [0.29, 0.717) is 22.8 Å². The van der Waals surface area contributed by atoms with Crippen LogP contribution in [0.1, 0.15) is 0 Å². The molecule has 0 spiro atoms. The van der Waals surface area contributed by atoms with Crippen LogP contribution in [0, 0.1) is 7.43 Å². The molecule has 0 unspecified atom stereocenters. The molecule has 2 aromatic heterocycles. The van der Waals surface area contributed by atoms with E-state index in [1.165, 1.54) is 6.34 Å². The summed E-state index contributed by atoms with van der Waals surface area (Å²) in [7, 11) is 6.94. The average Bonchev–Trinajstić information content (AvgIpc) is 2.57. The second-order valence-corrected chi connectivity index (χ2v) is 4.62. The predicted octanol–water partition coefficient (Wildman–Crippen LogP) is 1.94. The van der Waals surface area contributed by atoms with Gasteiger partial charge in [0.2, 0.25) is 0 Å². The Kier molecular flexibility index (Phi) is 7.28. The van der Waals surface area contributed by atoms with Crippen molar-refractivity contribution in [2.24, 2.45) is 34.5 Å². The third kappa shape index (κ3) is 5.01. The molecule has 0 saturated heterocycles. The summed E-state index contributed by atoms with van der Waals surface area (Å²) in [5, 5.41) is 15.9. The van der Waals surface area contributed by atoms with Crippen molar-refractivity contribution in [1.29, 1.82) is 0 Å². The monoisotopic (exact) mass is 330 g/mol. The number of nitrogens with zero attached hydrogens (tertiary/aromatic N) is 6. The molecule has 0 N–H and O–H groups in total. The Hall–Kier alpha value is -3.03. The lowest BCUT2D eigenvalue weighted by atomic mass is 10.4. The third-order valence-corrected chi connectivity index (χ3v) is 3.09. The van der Waals surface area contributed by atoms with Crippen LogP contribution < -0.4 is 19.5 Å². The van der Waals surface area contributed by atoms with E-state index in [1.807, 2.05) is 47.8 Å². The number of aromatic nitrogens is 2. The van der Waals surface area contributed by atoms with Crippen LogP contribution in [0.5, 0.6) is 11.5 Å². The van der Waals surface area contributed by atoms with Crippen molar-refractivity contribution in [2.45, 2.75) is 0 Å². The van der Waals surface area contributed by atoms with E-state index in [9.17, 15) is 0 Å². The van der Waals surface area contributed by atoms with Crippen molar-refractivity contribution >= 4 is 12.2 Å². The van der Waals surface area contributed by atoms with Crippen molar-refractivity contribution in [1.82, 2.24) is 4.57 Å². The van der Waals surface area contributed by atoms with Gasteiger partial charge in [-0.1, -0.05) is 0 Å². The molecule has 0 aliphatic rings. The molecular formula is C16H22N6O2. The molecule has 0 saturated carbocycles. The topological polar surface area (TPSA) is 76.7 Å². The van der Waals surface area contributed by atoms with Crippen LogP contribution in [0.3, 0.4) is 0 Å². The maximum absolute atomic E-state index is 5.15. The first-order valence-corrected chi connectivity index (χ1v) is 6.85. The fourth-order valence-corrected chi connectivity index (χ4v) is 1.72. The molecule has 0 radical (unpaired) electrons. The maximum Gasteiger partial charge on any atom is 0.354 e. The Labute approximate surface area is 141 Å². The van der Waals surface area contributed by atoms with Gasteiger partial charge in [0.1, 0.15) is 11.5 Å². The summed E-state index contributed by atoms with van der Waals surface area (Å²) in [6.07, 6.45) is 4.95. The number of ether oxygens (including phenoxy) is 2. The zero-order chi connectivity index (χ0) is 16.7. The van der Waals surface area contributed by atoms with Gasteiger partial charge in [0.15, 0.2) is 11.8 Å². The van der Waals surface area contributed by atoms with Crippen molar-refractivity contribution in [3.63, 3.8) is 0 Å². The first-order chi connectivity index (χ1) is 11.1. The molecule has 2 rings (SSSR count). The highest BCUT2D eigenvalue weighted by molar-refractivity contribution is 5.54. The third-order valence-electron chi connectivity index (χ3n) is 3.09. The molecule has 128 valence electrons. The largest absolute Gasteiger partial charge is 0.497 e. The van der Waals surface area contributed by atoms with Crippen LogP contribution in [-0.2, 0) is 14.1 Å². The Balaban J connectivity index is 0.00000288. The molecule has 2 aromatic rings. The number of pyridine rings is 2. The van der Waals surface area contributed by atoms with E-state index >= 15 is 0 Å². The highest BCUT2D eigenvalue weighted by atomic mass is 16.5. The molecule has 0 fully saturated rings. The number of hydrogen-bond acceptors (Lipinski definition) is 5.